The average molecular weight is 191 g/mol. The Hall–Kier alpha value is -1.76. The Balaban J connectivity index is 2.84. The minimum atomic E-state index is -0.176. The fourth-order valence-electron chi connectivity index (χ4n) is 1.19. The van der Waals surface area contributed by atoms with Crippen LogP contribution in [0.4, 0.5) is 0 Å². The van der Waals surface area contributed by atoms with Gasteiger partial charge in [-0.15, -0.1) is 6.42 Å². The van der Waals surface area contributed by atoms with Crippen LogP contribution < -0.4 is 5.32 Å². The van der Waals surface area contributed by atoms with E-state index in [0.717, 1.165) is 5.69 Å². The molecule has 0 unspecified atom stereocenters. The predicted octanol–water partition coefficient (Wildman–Crippen LogP) is 0.574. The smallest absolute Gasteiger partial charge is 0.270 e. The van der Waals surface area contributed by atoms with E-state index in [0.29, 0.717) is 12.2 Å². The molecule has 0 bridgehead atoms. The summed E-state index contributed by atoms with van der Waals surface area (Å²) >= 11 is 0. The van der Waals surface area contributed by atoms with Crippen LogP contribution in [0.15, 0.2) is 6.07 Å². The van der Waals surface area contributed by atoms with E-state index in [1.807, 2.05) is 13.8 Å². The van der Waals surface area contributed by atoms with Crippen LogP contribution in [0.1, 0.15) is 23.1 Å². The van der Waals surface area contributed by atoms with Gasteiger partial charge in [-0.25, -0.2) is 0 Å². The van der Waals surface area contributed by atoms with Gasteiger partial charge in [0.25, 0.3) is 5.91 Å². The third-order valence-electron chi connectivity index (χ3n) is 1.79. The maximum atomic E-state index is 11.5. The van der Waals surface area contributed by atoms with Gasteiger partial charge in [-0.2, -0.15) is 5.10 Å². The first-order chi connectivity index (χ1) is 6.69. The molecule has 1 rings (SSSR count). The number of terminal acetylenes is 1. The Morgan fingerprint density at radius 3 is 3.07 bits per heavy atom. The number of hydrogen-bond donors (Lipinski definition) is 1. The Morgan fingerprint density at radius 2 is 2.50 bits per heavy atom. The summed E-state index contributed by atoms with van der Waals surface area (Å²) in [5.74, 6) is 2.18. The van der Waals surface area contributed by atoms with Crippen molar-refractivity contribution in [3.8, 4) is 12.3 Å². The van der Waals surface area contributed by atoms with Crippen molar-refractivity contribution < 1.29 is 4.79 Å². The van der Waals surface area contributed by atoms with Gasteiger partial charge in [0, 0.05) is 6.54 Å². The lowest BCUT2D eigenvalue weighted by atomic mass is 10.3. The molecule has 74 valence electrons. The van der Waals surface area contributed by atoms with Gasteiger partial charge in [0.1, 0.15) is 5.69 Å². The highest BCUT2D eigenvalue weighted by Crippen LogP contribution is 2.03. The molecule has 1 N–H and O–H groups in total. The second kappa shape index (κ2) is 4.47. The van der Waals surface area contributed by atoms with Crippen molar-refractivity contribution in [2.45, 2.75) is 20.4 Å². The van der Waals surface area contributed by atoms with Gasteiger partial charge in [-0.05, 0) is 19.9 Å². The number of rotatable bonds is 3. The number of carbonyl (C=O) groups is 1. The molecule has 4 heteroatoms. The monoisotopic (exact) mass is 191 g/mol. The fourth-order valence-corrected chi connectivity index (χ4v) is 1.19. The number of carbonyl (C=O) groups excluding carboxylic acids is 1. The van der Waals surface area contributed by atoms with Crippen LogP contribution in [0.2, 0.25) is 0 Å². The molecule has 0 spiro atoms. The van der Waals surface area contributed by atoms with Crippen LogP contribution in [0.3, 0.4) is 0 Å². The molecule has 0 atom stereocenters. The van der Waals surface area contributed by atoms with E-state index in [4.69, 9.17) is 6.42 Å². The molecular formula is C10H13N3O. The quantitative estimate of drug-likeness (QED) is 0.710. The van der Waals surface area contributed by atoms with Gasteiger partial charge in [-0.3, -0.25) is 9.48 Å². The third-order valence-corrected chi connectivity index (χ3v) is 1.79. The molecule has 1 aromatic rings. The zero-order valence-electron chi connectivity index (χ0n) is 8.37. The Kier molecular flexibility index (Phi) is 3.29. The highest BCUT2D eigenvalue weighted by molar-refractivity contribution is 5.92. The van der Waals surface area contributed by atoms with Crippen molar-refractivity contribution in [1.29, 1.82) is 0 Å². The van der Waals surface area contributed by atoms with Crippen LogP contribution >= 0.6 is 0 Å². The predicted molar refractivity (Wildman–Crippen MR) is 53.8 cm³/mol. The van der Waals surface area contributed by atoms with E-state index in [-0.39, 0.29) is 12.5 Å². The van der Waals surface area contributed by atoms with Crippen molar-refractivity contribution in [2.24, 2.45) is 0 Å². The molecule has 1 aromatic heterocycles. The molecule has 0 saturated carbocycles. The van der Waals surface area contributed by atoms with Crippen LogP contribution in [0.5, 0.6) is 0 Å². The molecule has 4 nitrogen and oxygen atoms in total. The summed E-state index contributed by atoms with van der Waals surface area (Å²) in [7, 11) is 0. The summed E-state index contributed by atoms with van der Waals surface area (Å²) in [6.07, 6.45) is 5.04. The van der Waals surface area contributed by atoms with Crippen LogP contribution in [0, 0.1) is 19.3 Å². The number of hydrogen-bond acceptors (Lipinski definition) is 2. The lowest BCUT2D eigenvalue weighted by Gasteiger charge is -2.03. The van der Waals surface area contributed by atoms with Gasteiger partial charge in [0.05, 0.1) is 12.2 Å². The molecule has 0 radical (unpaired) electrons. The van der Waals surface area contributed by atoms with E-state index >= 15 is 0 Å². The molecule has 0 fully saturated rings. The van der Waals surface area contributed by atoms with Gasteiger partial charge < -0.3 is 5.32 Å². The van der Waals surface area contributed by atoms with Crippen LogP contribution in [-0.2, 0) is 6.54 Å². The minimum absolute atomic E-state index is 0.176. The highest BCUT2D eigenvalue weighted by atomic mass is 16.2. The molecular weight excluding hydrogens is 178 g/mol. The van der Waals surface area contributed by atoms with Crippen LogP contribution in [0.25, 0.3) is 0 Å². The zero-order valence-corrected chi connectivity index (χ0v) is 8.37. The molecule has 1 heterocycles. The lowest BCUT2D eigenvalue weighted by molar-refractivity contribution is 0.0948. The summed E-state index contributed by atoms with van der Waals surface area (Å²) < 4.78 is 1.65. The van der Waals surface area contributed by atoms with Gasteiger partial charge in [0.15, 0.2) is 0 Å². The Bertz CT molecular complexity index is 373. The largest absolute Gasteiger partial charge is 0.340 e. The van der Waals surface area contributed by atoms with Crippen molar-refractivity contribution >= 4 is 5.91 Å². The van der Waals surface area contributed by atoms with Crippen molar-refractivity contribution in [3.05, 3.63) is 17.5 Å². The summed E-state index contributed by atoms with van der Waals surface area (Å²) in [5, 5.41) is 6.76. The highest BCUT2D eigenvalue weighted by Gasteiger charge is 2.11. The topological polar surface area (TPSA) is 46.9 Å². The van der Waals surface area contributed by atoms with Crippen molar-refractivity contribution in [1.82, 2.24) is 15.1 Å². The molecule has 0 aromatic carbocycles. The summed E-state index contributed by atoms with van der Waals surface area (Å²) in [5.41, 5.74) is 1.39. The zero-order chi connectivity index (χ0) is 10.6. The Morgan fingerprint density at radius 1 is 1.79 bits per heavy atom. The van der Waals surface area contributed by atoms with E-state index in [9.17, 15) is 4.79 Å². The second-order valence-electron chi connectivity index (χ2n) is 2.87. The first kappa shape index (κ1) is 10.3. The van der Waals surface area contributed by atoms with E-state index in [1.54, 1.807) is 10.7 Å². The van der Waals surface area contributed by atoms with E-state index in [1.165, 1.54) is 0 Å². The lowest BCUT2D eigenvalue weighted by Crippen LogP contribution is -2.26. The molecule has 0 aliphatic rings. The number of nitrogens with one attached hydrogen (secondary N) is 1. The molecule has 0 aliphatic heterocycles. The third kappa shape index (κ3) is 2.13. The molecule has 0 saturated heterocycles. The summed E-state index contributed by atoms with van der Waals surface area (Å²) in [6, 6.07) is 1.75. The maximum Gasteiger partial charge on any atom is 0.270 e. The Labute approximate surface area is 83.3 Å². The number of nitrogens with zero attached hydrogens (tertiary/aromatic N) is 2. The SMILES string of the molecule is C#CCNC(=O)c1cc(C)nn1CC. The first-order valence-electron chi connectivity index (χ1n) is 4.45. The molecule has 14 heavy (non-hydrogen) atoms. The second-order valence-corrected chi connectivity index (χ2v) is 2.87. The summed E-state index contributed by atoms with van der Waals surface area (Å²) in [6.45, 7) is 4.70. The van der Waals surface area contributed by atoms with Gasteiger partial charge in [0.2, 0.25) is 0 Å². The van der Waals surface area contributed by atoms with E-state index in [2.05, 4.69) is 16.3 Å². The first-order valence-corrected chi connectivity index (χ1v) is 4.45. The normalized spacial score (nSPS) is 9.50. The molecule has 0 aliphatic carbocycles. The fraction of sp³-hybridized carbons (Fsp3) is 0.400. The number of aromatic nitrogens is 2. The average Bonchev–Trinajstić information content (AvgIpc) is 2.56. The summed E-state index contributed by atoms with van der Waals surface area (Å²) in [4.78, 5) is 11.5. The maximum absolute atomic E-state index is 11.5. The van der Waals surface area contributed by atoms with Gasteiger partial charge >= 0.3 is 0 Å². The number of amides is 1. The van der Waals surface area contributed by atoms with Crippen molar-refractivity contribution in [3.63, 3.8) is 0 Å². The van der Waals surface area contributed by atoms with E-state index < -0.39 is 0 Å². The standard InChI is InChI=1S/C10H13N3O/c1-4-6-11-10(14)9-7-8(3)12-13(9)5-2/h1,7H,5-6H2,2-3H3,(H,11,14). The van der Waals surface area contributed by atoms with Crippen molar-refractivity contribution in [2.75, 3.05) is 6.54 Å². The molecule has 1 amide bonds. The van der Waals surface area contributed by atoms with Crippen LogP contribution in [-0.4, -0.2) is 22.2 Å². The van der Waals surface area contributed by atoms with Gasteiger partial charge in [-0.1, -0.05) is 5.92 Å². The minimum Gasteiger partial charge on any atom is -0.340 e. The number of aryl methyl sites for hydroxylation is 2.